The molecule has 1 amide bonds. The number of aromatic nitrogens is 1. The summed E-state index contributed by atoms with van der Waals surface area (Å²) in [5.74, 6) is 0.282. The number of anilines is 1. The Labute approximate surface area is 86.2 Å². The molecule has 74 valence electrons. The van der Waals surface area contributed by atoms with Crippen molar-refractivity contribution in [2.75, 3.05) is 5.32 Å². The summed E-state index contributed by atoms with van der Waals surface area (Å²) in [7, 11) is 0. The van der Waals surface area contributed by atoms with Crippen LogP contribution in [-0.4, -0.2) is 17.0 Å². The lowest BCUT2D eigenvalue weighted by Gasteiger charge is -2.23. The molecule has 5 heteroatoms. The number of hydrogen-bond acceptors (Lipinski definition) is 3. The van der Waals surface area contributed by atoms with Crippen LogP contribution in [0.4, 0.5) is 5.69 Å². The van der Waals surface area contributed by atoms with Crippen LogP contribution >= 0.6 is 11.6 Å². The molecule has 0 aliphatic carbocycles. The molecular formula is C9H9ClN2O2. The number of amides is 1. The van der Waals surface area contributed by atoms with Gasteiger partial charge < -0.3 is 10.1 Å². The third-order valence-electron chi connectivity index (χ3n) is 1.99. The molecule has 0 saturated carbocycles. The highest BCUT2D eigenvalue weighted by Gasteiger charge is 2.26. The topological polar surface area (TPSA) is 51.2 Å². The van der Waals surface area contributed by atoms with Crippen molar-refractivity contribution in [2.24, 2.45) is 0 Å². The molecule has 1 unspecified atom stereocenters. The first-order valence-corrected chi connectivity index (χ1v) is 4.71. The van der Waals surface area contributed by atoms with Crippen LogP contribution in [0, 0.1) is 0 Å². The van der Waals surface area contributed by atoms with Gasteiger partial charge in [-0.2, -0.15) is 0 Å². The number of rotatable bonds is 1. The number of carbonyl (C=O) groups is 1. The van der Waals surface area contributed by atoms with Crippen LogP contribution in [0.25, 0.3) is 0 Å². The van der Waals surface area contributed by atoms with E-state index in [-0.39, 0.29) is 5.91 Å². The van der Waals surface area contributed by atoms with Crippen molar-refractivity contribution in [1.29, 1.82) is 0 Å². The largest absolute Gasteiger partial charge is 0.463 e. The van der Waals surface area contributed by atoms with Crippen LogP contribution in [0.3, 0.4) is 0 Å². The first-order valence-electron chi connectivity index (χ1n) is 4.33. The molecule has 2 rings (SSSR count). The quantitative estimate of drug-likeness (QED) is 0.773. The Balaban J connectivity index is 2.35. The van der Waals surface area contributed by atoms with Gasteiger partial charge in [0.25, 0.3) is 5.91 Å². The molecule has 0 spiro atoms. The van der Waals surface area contributed by atoms with Gasteiger partial charge in [-0.15, -0.1) is 0 Å². The minimum absolute atomic E-state index is 0.149. The van der Waals surface area contributed by atoms with Gasteiger partial charge in [0, 0.05) is 6.20 Å². The van der Waals surface area contributed by atoms with E-state index in [1.807, 2.05) is 6.92 Å². The van der Waals surface area contributed by atoms with Crippen LogP contribution in [0.2, 0.25) is 5.02 Å². The average molecular weight is 213 g/mol. The van der Waals surface area contributed by atoms with Gasteiger partial charge in [-0.25, -0.2) is 4.98 Å². The van der Waals surface area contributed by atoms with Crippen molar-refractivity contribution in [3.63, 3.8) is 0 Å². The fourth-order valence-corrected chi connectivity index (χ4v) is 1.44. The van der Waals surface area contributed by atoms with E-state index >= 15 is 0 Å². The van der Waals surface area contributed by atoms with Crippen LogP contribution in [0.5, 0.6) is 5.88 Å². The number of halogens is 1. The van der Waals surface area contributed by atoms with Crippen LogP contribution in [0.15, 0.2) is 12.3 Å². The molecule has 1 aliphatic heterocycles. The summed E-state index contributed by atoms with van der Waals surface area (Å²) < 4.78 is 5.37. The minimum atomic E-state index is -0.448. The zero-order valence-corrected chi connectivity index (χ0v) is 8.34. The molecule has 0 fully saturated rings. The van der Waals surface area contributed by atoms with E-state index in [1.165, 1.54) is 6.20 Å². The average Bonchev–Trinajstić information content (AvgIpc) is 2.16. The van der Waals surface area contributed by atoms with Crippen molar-refractivity contribution in [1.82, 2.24) is 4.98 Å². The monoisotopic (exact) mass is 212 g/mol. The summed E-state index contributed by atoms with van der Waals surface area (Å²) in [6.45, 7) is 1.88. The van der Waals surface area contributed by atoms with E-state index in [0.29, 0.717) is 23.0 Å². The summed E-state index contributed by atoms with van der Waals surface area (Å²) >= 11 is 5.73. The van der Waals surface area contributed by atoms with Crippen LogP contribution < -0.4 is 10.1 Å². The molecule has 0 aromatic carbocycles. The first-order chi connectivity index (χ1) is 6.70. The van der Waals surface area contributed by atoms with E-state index in [4.69, 9.17) is 16.3 Å². The predicted octanol–water partition coefficient (Wildman–Crippen LogP) is 1.84. The fourth-order valence-electron chi connectivity index (χ4n) is 1.28. The Hall–Kier alpha value is -1.29. The Morgan fingerprint density at radius 1 is 1.71 bits per heavy atom. The molecule has 14 heavy (non-hydrogen) atoms. The lowest BCUT2D eigenvalue weighted by Crippen LogP contribution is -2.36. The Morgan fingerprint density at radius 3 is 3.21 bits per heavy atom. The Kier molecular flexibility index (Phi) is 2.29. The third kappa shape index (κ3) is 1.53. The van der Waals surface area contributed by atoms with Crippen LogP contribution in [-0.2, 0) is 4.79 Å². The Bertz CT molecular complexity index is 381. The lowest BCUT2D eigenvalue weighted by molar-refractivity contribution is -0.123. The molecule has 1 atom stereocenters. The van der Waals surface area contributed by atoms with Crippen molar-refractivity contribution in [3.8, 4) is 5.88 Å². The Morgan fingerprint density at radius 2 is 2.50 bits per heavy atom. The molecule has 1 aliphatic rings. The number of hydrogen-bond donors (Lipinski definition) is 1. The van der Waals surface area contributed by atoms with E-state index in [2.05, 4.69) is 10.3 Å². The standard InChI is InChI=1S/C9H9ClN2O2/c1-2-7-8(13)12-6-3-5(10)4-11-9(6)14-7/h3-4,7H,2H2,1H3,(H,12,13). The van der Waals surface area contributed by atoms with Gasteiger partial charge in [0.1, 0.15) is 5.69 Å². The maximum absolute atomic E-state index is 11.4. The summed E-state index contributed by atoms with van der Waals surface area (Å²) in [5.41, 5.74) is 0.534. The number of pyridine rings is 1. The van der Waals surface area contributed by atoms with Gasteiger partial charge in [-0.05, 0) is 12.5 Å². The van der Waals surface area contributed by atoms with Crippen molar-refractivity contribution in [3.05, 3.63) is 17.3 Å². The maximum Gasteiger partial charge on any atom is 0.265 e. The second-order valence-electron chi connectivity index (χ2n) is 3.01. The number of fused-ring (bicyclic) bond motifs is 1. The van der Waals surface area contributed by atoms with Crippen molar-refractivity contribution < 1.29 is 9.53 Å². The molecule has 0 saturated heterocycles. The minimum Gasteiger partial charge on any atom is -0.463 e. The van der Waals surface area contributed by atoms with Gasteiger partial charge >= 0.3 is 0 Å². The predicted molar refractivity (Wildman–Crippen MR) is 52.6 cm³/mol. The fraction of sp³-hybridized carbons (Fsp3) is 0.333. The van der Waals surface area contributed by atoms with Gasteiger partial charge in [-0.1, -0.05) is 18.5 Å². The van der Waals surface area contributed by atoms with Gasteiger partial charge in [0.15, 0.2) is 6.10 Å². The van der Waals surface area contributed by atoms with E-state index in [9.17, 15) is 4.79 Å². The number of ether oxygens (including phenoxy) is 1. The van der Waals surface area contributed by atoms with Crippen molar-refractivity contribution in [2.45, 2.75) is 19.4 Å². The second kappa shape index (κ2) is 3.46. The highest BCUT2D eigenvalue weighted by atomic mass is 35.5. The SMILES string of the molecule is CCC1Oc2ncc(Cl)cc2NC1=O. The van der Waals surface area contributed by atoms with Crippen LogP contribution in [0.1, 0.15) is 13.3 Å². The third-order valence-corrected chi connectivity index (χ3v) is 2.20. The van der Waals surface area contributed by atoms with E-state index < -0.39 is 6.10 Å². The van der Waals surface area contributed by atoms with E-state index in [0.717, 1.165) is 0 Å². The lowest BCUT2D eigenvalue weighted by atomic mass is 10.2. The molecule has 1 aromatic heterocycles. The number of nitrogens with zero attached hydrogens (tertiary/aromatic N) is 1. The summed E-state index contributed by atoms with van der Waals surface area (Å²) in [6, 6.07) is 1.62. The number of nitrogens with one attached hydrogen (secondary N) is 1. The molecule has 1 N–H and O–H groups in total. The van der Waals surface area contributed by atoms with Gasteiger partial charge in [0.05, 0.1) is 5.02 Å². The summed E-state index contributed by atoms with van der Waals surface area (Å²) in [4.78, 5) is 15.4. The van der Waals surface area contributed by atoms with Gasteiger partial charge in [0.2, 0.25) is 5.88 Å². The molecule has 1 aromatic rings. The molecule has 0 radical (unpaired) electrons. The second-order valence-corrected chi connectivity index (χ2v) is 3.45. The van der Waals surface area contributed by atoms with Gasteiger partial charge in [-0.3, -0.25) is 4.79 Å². The zero-order valence-electron chi connectivity index (χ0n) is 7.58. The smallest absolute Gasteiger partial charge is 0.265 e. The highest BCUT2D eigenvalue weighted by Crippen LogP contribution is 2.29. The highest BCUT2D eigenvalue weighted by molar-refractivity contribution is 6.30. The maximum atomic E-state index is 11.4. The normalized spacial score (nSPS) is 19.6. The van der Waals surface area contributed by atoms with E-state index in [1.54, 1.807) is 6.07 Å². The molecular weight excluding hydrogens is 204 g/mol. The summed E-state index contributed by atoms with van der Waals surface area (Å²) in [6.07, 6.45) is 1.66. The number of carbonyl (C=O) groups excluding carboxylic acids is 1. The summed E-state index contributed by atoms with van der Waals surface area (Å²) in [5, 5.41) is 3.17. The van der Waals surface area contributed by atoms with Crippen molar-refractivity contribution >= 4 is 23.2 Å². The molecule has 4 nitrogen and oxygen atoms in total. The molecule has 2 heterocycles. The first kappa shape index (κ1) is 9.27. The zero-order chi connectivity index (χ0) is 10.1. The molecule has 0 bridgehead atoms.